The summed E-state index contributed by atoms with van der Waals surface area (Å²) in [7, 11) is 3.21. The number of aromatic nitrogens is 2. The molecule has 1 aliphatic rings. The average molecular weight is 365 g/mol. The number of hydrogen-bond acceptors (Lipinski definition) is 4. The molecule has 0 saturated heterocycles. The molecule has 0 unspecified atom stereocenters. The number of nitrogens with zero attached hydrogens (tertiary/aromatic N) is 2. The predicted octanol–water partition coefficient (Wildman–Crippen LogP) is 4.15. The third-order valence-corrected chi connectivity index (χ3v) is 5.15. The summed E-state index contributed by atoms with van der Waals surface area (Å²) in [6.45, 7) is 0. The van der Waals surface area contributed by atoms with E-state index in [0.29, 0.717) is 23.0 Å². The van der Waals surface area contributed by atoms with Crippen molar-refractivity contribution in [3.8, 4) is 22.8 Å². The van der Waals surface area contributed by atoms with Gasteiger partial charge in [0, 0.05) is 17.7 Å². The molecule has 1 N–H and O–H groups in total. The number of rotatable bonds is 5. The fraction of sp³-hybridized carbons (Fsp3) is 0.333. The number of imidazole rings is 1. The van der Waals surface area contributed by atoms with Gasteiger partial charge in [-0.1, -0.05) is 18.9 Å². The highest BCUT2D eigenvalue weighted by atomic mass is 16.5. The molecule has 0 atom stereocenters. The molecular weight excluding hydrogens is 342 g/mol. The number of hydrogen-bond donors (Lipinski definition) is 1. The Morgan fingerprint density at radius 2 is 1.89 bits per heavy atom. The van der Waals surface area contributed by atoms with Crippen LogP contribution in [0.4, 0.5) is 5.82 Å². The Bertz CT molecular complexity index is 974. The second-order valence-corrected chi connectivity index (χ2v) is 6.78. The van der Waals surface area contributed by atoms with Gasteiger partial charge in [-0.15, -0.1) is 0 Å². The first-order chi connectivity index (χ1) is 13.2. The zero-order valence-electron chi connectivity index (χ0n) is 15.6. The number of benzene rings is 1. The highest BCUT2D eigenvalue weighted by Gasteiger charge is 2.25. The largest absolute Gasteiger partial charge is 0.493 e. The van der Waals surface area contributed by atoms with Crippen LogP contribution in [0.3, 0.4) is 0 Å². The van der Waals surface area contributed by atoms with E-state index in [4.69, 9.17) is 14.5 Å². The second-order valence-electron chi connectivity index (χ2n) is 6.78. The van der Waals surface area contributed by atoms with Crippen molar-refractivity contribution < 1.29 is 14.3 Å². The number of pyridine rings is 1. The Morgan fingerprint density at radius 1 is 1.11 bits per heavy atom. The van der Waals surface area contributed by atoms with E-state index in [9.17, 15) is 4.79 Å². The maximum Gasteiger partial charge on any atom is 0.228 e. The number of anilines is 1. The summed E-state index contributed by atoms with van der Waals surface area (Å²) >= 11 is 0. The van der Waals surface area contributed by atoms with Crippen LogP contribution >= 0.6 is 0 Å². The number of methoxy groups -OCH3 is 2. The molecule has 27 heavy (non-hydrogen) atoms. The molecule has 0 spiro atoms. The first-order valence-corrected chi connectivity index (χ1v) is 9.21. The molecule has 2 aromatic heterocycles. The summed E-state index contributed by atoms with van der Waals surface area (Å²) in [5.74, 6) is 2.12. The van der Waals surface area contributed by atoms with Crippen molar-refractivity contribution in [2.45, 2.75) is 25.7 Å². The van der Waals surface area contributed by atoms with Gasteiger partial charge in [-0.3, -0.25) is 9.20 Å². The van der Waals surface area contributed by atoms with E-state index in [2.05, 4.69) is 5.32 Å². The van der Waals surface area contributed by atoms with E-state index in [-0.39, 0.29) is 11.8 Å². The smallest absolute Gasteiger partial charge is 0.228 e. The Labute approximate surface area is 158 Å². The lowest BCUT2D eigenvalue weighted by Crippen LogP contribution is -2.21. The van der Waals surface area contributed by atoms with Gasteiger partial charge in [-0.2, -0.15) is 0 Å². The van der Waals surface area contributed by atoms with Crippen molar-refractivity contribution in [3.05, 3.63) is 42.6 Å². The summed E-state index contributed by atoms with van der Waals surface area (Å²) in [4.78, 5) is 17.5. The molecule has 3 aromatic rings. The van der Waals surface area contributed by atoms with E-state index in [1.807, 2.05) is 47.0 Å². The average Bonchev–Trinajstić information content (AvgIpc) is 3.36. The van der Waals surface area contributed by atoms with Gasteiger partial charge in [-0.25, -0.2) is 4.98 Å². The van der Waals surface area contributed by atoms with Crippen LogP contribution in [0.2, 0.25) is 0 Å². The Hall–Kier alpha value is -3.02. The van der Waals surface area contributed by atoms with Crippen LogP contribution in [0.1, 0.15) is 25.7 Å². The maximum absolute atomic E-state index is 12.8. The summed E-state index contributed by atoms with van der Waals surface area (Å²) in [6, 6.07) is 11.4. The van der Waals surface area contributed by atoms with E-state index >= 15 is 0 Å². The zero-order chi connectivity index (χ0) is 18.8. The molecule has 1 saturated carbocycles. The van der Waals surface area contributed by atoms with Crippen LogP contribution in [0, 0.1) is 5.92 Å². The Morgan fingerprint density at radius 3 is 2.63 bits per heavy atom. The minimum Gasteiger partial charge on any atom is -0.493 e. The monoisotopic (exact) mass is 365 g/mol. The molecule has 0 aliphatic heterocycles. The van der Waals surface area contributed by atoms with Gasteiger partial charge in [-0.05, 0) is 43.2 Å². The summed E-state index contributed by atoms with van der Waals surface area (Å²) in [5.41, 5.74) is 2.36. The van der Waals surface area contributed by atoms with Crippen LogP contribution in [0.25, 0.3) is 16.9 Å². The number of carbonyl (C=O) groups is 1. The topological polar surface area (TPSA) is 64.9 Å². The van der Waals surface area contributed by atoms with Gasteiger partial charge in [0.1, 0.15) is 17.2 Å². The van der Waals surface area contributed by atoms with Crippen molar-refractivity contribution in [2.24, 2.45) is 5.92 Å². The third-order valence-electron chi connectivity index (χ3n) is 5.15. The normalized spacial score (nSPS) is 14.4. The quantitative estimate of drug-likeness (QED) is 0.738. The van der Waals surface area contributed by atoms with Crippen molar-refractivity contribution in [1.82, 2.24) is 9.38 Å². The SMILES string of the molecule is COc1ccc(-c2nc3ccccn3c2NC(=O)C2CCCC2)cc1OC. The summed E-state index contributed by atoms with van der Waals surface area (Å²) in [6.07, 6.45) is 6.06. The van der Waals surface area contributed by atoms with Crippen molar-refractivity contribution in [3.63, 3.8) is 0 Å². The summed E-state index contributed by atoms with van der Waals surface area (Å²) < 4.78 is 12.7. The van der Waals surface area contributed by atoms with Gasteiger partial charge < -0.3 is 14.8 Å². The van der Waals surface area contributed by atoms with Crippen LogP contribution in [-0.2, 0) is 4.79 Å². The number of fused-ring (bicyclic) bond motifs is 1. The lowest BCUT2D eigenvalue weighted by atomic mass is 10.1. The van der Waals surface area contributed by atoms with Crippen molar-refractivity contribution >= 4 is 17.4 Å². The van der Waals surface area contributed by atoms with E-state index < -0.39 is 0 Å². The Kier molecular flexibility index (Phi) is 4.71. The molecule has 0 radical (unpaired) electrons. The molecule has 0 bridgehead atoms. The van der Waals surface area contributed by atoms with Crippen LogP contribution in [0.5, 0.6) is 11.5 Å². The minimum absolute atomic E-state index is 0.0693. The molecule has 1 aromatic carbocycles. The zero-order valence-corrected chi connectivity index (χ0v) is 15.6. The van der Waals surface area contributed by atoms with Crippen LogP contribution in [-0.4, -0.2) is 29.5 Å². The number of ether oxygens (including phenoxy) is 2. The molecule has 1 aliphatic carbocycles. The first kappa shape index (κ1) is 17.4. The molecule has 2 heterocycles. The molecule has 6 heteroatoms. The molecule has 4 rings (SSSR count). The second kappa shape index (κ2) is 7.31. The molecule has 1 amide bonds. The molecule has 140 valence electrons. The fourth-order valence-corrected chi connectivity index (χ4v) is 3.71. The minimum atomic E-state index is 0.0693. The Balaban J connectivity index is 1.79. The van der Waals surface area contributed by atoms with E-state index in [1.165, 1.54) is 0 Å². The summed E-state index contributed by atoms with van der Waals surface area (Å²) in [5, 5.41) is 3.13. The van der Waals surface area contributed by atoms with Gasteiger partial charge in [0.25, 0.3) is 0 Å². The predicted molar refractivity (Wildman–Crippen MR) is 104 cm³/mol. The van der Waals surface area contributed by atoms with Crippen LogP contribution < -0.4 is 14.8 Å². The van der Waals surface area contributed by atoms with Gasteiger partial charge >= 0.3 is 0 Å². The van der Waals surface area contributed by atoms with Crippen LogP contribution in [0.15, 0.2) is 42.6 Å². The van der Waals surface area contributed by atoms with Gasteiger partial charge in [0.15, 0.2) is 11.5 Å². The highest BCUT2D eigenvalue weighted by Crippen LogP contribution is 2.36. The third kappa shape index (κ3) is 3.23. The number of carbonyl (C=O) groups excluding carboxylic acids is 1. The first-order valence-electron chi connectivity index (χ1n) is 9.21. The molecular formula is C21H23N3O3. The number of nitrogens with one attached hydrogen (secondary N) is 1. The lowest BCUT2D eigenvalue weighted by molar-refractivity contribution is -0.119. The molecule has 6 nitrogen and oxygen atoms in total. The highest BCUT2D eigenvalue weighted by molar-refractivity contribution is 5.96. The maximum atomic E-state index is 12.8. The van der Waals surface area contributed by atoms with Gasteiger partial charge in [0.05, 0.1) is 14.2 Å². The fourth-order valence-electron chi connectivity index (χ4n) is 3.71. The van der Waals surface area contributed by atoms with Gasteiger partial charge in [0.2, 0.25) is 5.91 Å². The van der Waals surface area contributed by atoms with E-state index in [1.54, 1.807) is 14.2 Å². The van der Waals surface area contributed by atoms with E-state index in [0.717, 1.165) is 36.9 Å². The van der Waals surface area contributed by atoms with Crippen molar-refractivity contribution in [2.75, 3.05) is 19.5 Å². The van der Waals surface area contributed by atoms with Crippen molar-refractivity contribution in [1.29, 1.82) is 0 Å². The number of amides is 1. The molecule has 1 fully saturated rings. The standard InChI is InChI=1S/C21H23N3O3/c1-26-16-11-10-15(13-17(16)27-2)19-20(23-21(25)14-7-3-4-8-14)24-12-6-5-9-18(24)22-19/h5-6,9-14H,3-4,7-8H2,1-2H3,(H,23,25). The lowest BCUT2D eigenvalue weighted by Gasteiger charge is -2.13.